The van der Waals surface area contributed by atoms with Crippen LogP contribution in [-0.2, 0) is 66.5 Å². The number of imide groups is 1. The Kier molecular flexibility index (Phi) is 18.0. The summed E-state index contributed by atoms with van der Waals surface area (Å²) in [5.74, 6) is -4.25. The van der Waals surface area contributed by atoms with Gasteiger partial charge in [0.05, 0.1) is 23.3 Å². The summed E-state index contributed by atoms with van der Waals surface area (Å²) < 4.78 is 43.5. The van der Waals surface area contributed by atoms with Crippen molar-refractivity contribution in [3.8, 4) is 5.75 Å². The number of nitrogens with zero attached hydrogens (tertiary/aromatic N) is 4. The molecule has 4 fully saturated rings. The molecule has 4 saturated heterocycles. The number of hydrogen-bond acceptors (Lipinski definition) is 15. The fourth-order valence-corrected chi connectivity index (χ4v) is 14.4. The molecule has 0 aliphatic carbocycles. The van der Waals surface area contributed by atoms with E-state index in [4.69, 9.17) is 10.5 Å². The van der Waals surface area contributed by atoms with Crippen molar-refractivity contribution in [1.82, 2.24) is 45.9 Å². The maximum atomic E-state index is 15.0. The number of nitrogens with two attached hydrogens (primary N) is 1. The highest BCUT2D eigenvalue weighted by molar-refractivity contribution is 7.92. The van der Waals surface area contributed by atoms with Crippen LogP contribution in [0.2, 0.25) is 0 Å². The number of carbonyl (C=O) groups is 10. The molecule has 0 unspecified atom stereocenters. The molecule has 7 heterocycles. The molecule has 3 aromatic carbocycles. The number of nitrogens with one attached hydrogen (secondary N) is 5. The monoisotopic (exact) mass is 1240 g/mol. The highest BCUT2D eigenvalue weighted by atomic mass is 32.2. The fourth-order valence-electron chi connectivity index (χ4n) is 12.8. The van der Waals surface area contributed by atoms with E-state index in [1.54, 1.807) is 26.0 Å². The predicted molar refractivity (Wildman–Crippen MR) is 311 cm³/mol. The number of hydrogen-bond donors (Lipinski definition) is 8. The average molecular weight is 1240 g/mol. The molecule has 5 atom stereocenters. The van der Waals surface area contributed by atoms with E-state index in [-0.39, 0.29) is 116 Å². The quantitative estimate of drug-likeness (QED) is 0.0355. The minimum Gasteiger partial charge on any atom is -0.492 e. The van der Waals surface area contributed by atoms with Gasteiger partial charge in [0.1, 0.15) is 35.6 Å². The van der Waals surface area contributed by atoms with Crippen LogP contribution in [0.25, 0.3) is 10.9 Å². The molecule has 0 radical (unpaired) electrons. The van der Waals surface area contributed by atoms with Gasteiger partial charge in [-0.1, -0.05) is 18.2 Å². The summed E-state index contributed by atoms with van der Waals surface area (Å²) in [5, 5.41) is 10.2. The van der Waals surface area contributed by atoms with Gasteiger partial charge < -0.3 is 60.8 Å². The molecule has 10 rings (SSSR count). The number of piperidine rings is 2. The molecule has 26 nitrogen and oxygen atoms in total. The SMILES string of the molecule is CC(C)S(=O)(=O)c1ccc(CNC(=O)[C@H](CCC(N)=O)NC(=O)[C@@H]2CC[C@@H]3CCN(C(=O)CCCCN4CCC5(CC4)COc4c5ccc5c4CN([C@H]4CCC(=O)NC4=O)C5=O)C[C@H](NC(=O)c4cc5cc(C(=O)P(=O)(O)O)ccc5[nH]4)C(=O)N32)cc1. The minimum atomic E-state index is -5.14. The van der Waals surface area contributed by atoms with E-state index in [1.165, 1.54) is 51.1 Å². The van der Waals surface area contributed by atoms with E-state index in [2.05, 4.69) is 31.2 Å². The van der Waals surface area contributed by atoms with Gasteiger partial charge in [-0.3, -0.25) is 57.8 Å². The summed E-state index contributed by atoms with van der Waals surface area (Å²) in [6, 6.07) is 9.69. The lowest BCUT2D eigenvalue weighted by molar-refractivity contribution is -0.145. The highest BCUT2D eigenvalue weighted by Gasteiger charge is 2.49. The molecule has 6 aliphatic rings. The molecule has 0 saturated carbocycles. The van der Waals surface area contributed by atoms with Crippen LogP contribution in [0.3, 0.4) is 0 Å². The molecule has 9 N–H and O–H groups in total. The van der Waals surface area contributed by atoms with E-state index in [9.17, 15) is 65.9 Å². The summed E-state index contributed by atoms with van der Waals surface area (Å²) in [4.78, 5) is 163. The third-order valence-corrected chi connectivity index (χ3v) is 20.8. The topological polar surface area (TPSA) is 374 Å². The van der Waals surface area contributed by atoms with Gasteiger partial charge >= 0.3 is 7.60 Å². The minimum absolute atomic E-state index is 0.0582. The van der Waals surface area contributed by atoms with Crippen LogP contribution in [0.1, 0.15) is 139 Å². The number of benzene rings is 3. The van der Waals surface area contributed by atoms with Crippen LogP contribution in [0.5, 0.6) is 5.75 Å². The average Bonchev–Trinajstić information content (AvgIpc) is 1.66. The van der Waals surface area contributed by atoms with Crippen molar-refractivity contribution >= 4 is 87.0 Å². The van der Waals surface area contributed by atoms with E-state index in [0.29, 0.717) is 54.8 Å². The number of amides is 9. The summed E-state index contributed by atoms with van der Waals surface area (Å²) in [6.07, 6.45) is 3.61. The second-order valence-electron chi connectivity index (χ2n) is 23.7. The normalized spacial score (nSPS) is 21.6. The standard InChI is InChI=1S/C59H71N10O16PS/c1-33(2)87(83,84)38-10-6-34(7-11-38)29-61-52(73)43(15-18-48(60)70)63-55(76)47-16-9-37-20-24-67(31-45(57(78)69(37)47)64-53(74)44-28-36-27-35(8-14-42(36)62-44)58(79)86(80,81)82)50(72)5-3-4-23-66-25-21-59(22-26-66)32-85-51-40-30-68(46-17-19-49(71)65-54(46)75)56(77)39(40)12-13-41(51)59/h6-8,10-14,27-28,33,37,43,45-47,62H,3-5,9,15-26,29-32H2,1-2H3,(H2,60,70)(H,61,73)(H,63,76)(H,64,74)(H,65,71,75)(H2,80,81,82)/t37-,43+,45+,46+,47+/m1/s1. The number of carbonyl (C=O) groups excluding carboxylic acids is 10. The number of primary amides is 1. The second-order valence-corrected chi connectivity index (χ2v) is 27.7. The van der Waals surface area contributed by atoms with E-state index in [0.717, 1.165) is 37.1 Å². The van der Waals surface area contributed by atoms with Crippen molar-refractivity contribution in [2.45, 2.75) is 150 Å². The first-order valence-corrected chi connectivity index (χ1v) is 32.5. The zero-order valence-corrected chi connectivity index (χ0v) is 49.9. The molecule has 9 amide bonds. The first-order chi connectivity index (χ1) is 41.3. The van der Waals surface area contributed by atoms with Crippen molar-refractivity contribution in [1.29, 1.82) is 0 Å². The number of sulfone groups is 1. The zero-order chi connectivity index (χ0) is 62.3. The number of unbranched alkanes of at least 4 members (excludes halogenated alkanes) is 1. The van der Waals surface area contributed by atoms with Crippen LogP contribution in [-0.4, -0.2) is 176 Å². The molecule has 28 heteroatoms. The van der Waals surface area contributed by atoms with Crippen molar-refractivity contribution in [3.63, 3.8) is 0 Å². The Labute approximate surface area is 501 Å². The van der Waals surface area contributed by atoms with Gasteiger partial charge in [0.25, 0.3) is 17.3 Å². The molecular formula is C59H71N10O16PS. The van der Waals surface area contributed by atoms with Gasteiger partial charge in [-0.2, -0.15) is 0 Å². The van der Waals surface area contributed by atoms with Gasteiger partial charge in [0.15, 0.2) is 9.84 Å². The number of fused-ring (bicyclic) bond motifs is 6. The Morgan fingerprint density at radius 2 is 1.64 bits per heavy atom. The molecule has 6 aliphatic heterocycles. The third kappa shape index (κ3) is 13.1. The first-order valence-electron chi connectivity index (χ1n) is 29.3. The third-order valence-electron chi connectivity index (χ3n) is 17.8. The Morgan fingerprint density at radius 3 is 2.34 bits per heavy atom. The van der Waals surface area contributed by atoms with Gasteiger partial charge in [-0.15, -0.1) is 0 Å². The molecule has 87 heavy (non-hydrogen) atoms. The van der Waals surface area contributed by atoms with Gasteiger partial charge in [0, 0.05) is 83.5 Å². The summed E-state index contributed by atoms with van der Waals surface area (Å²) in [7, 11) is -8.69. The number of aromatic nitrogens is 1. The Balaban J connectivity index is 0.788. The lowest BCUT2D eigenvalue weighted by Crippen LogP contribution is -2.62. The molecule has 464 valence electrons. The van der Waals surface area contributed by atoms with Crippen LogP contribution in [0, 0.1) is 0 Å². The summed E-state index contributed by atoms with van der Waals surface area (Å²) >= 11 is 0. The van der Waals surface area contributed by atoms with Gasteiger partial charge in [0.2, 0.25) is 41.4 Å². The Morgan fingerprint density at radius 1 is 0.897 bits per heavy atom. The van der Waals surface area contributed by atoms with E-state index in [1.807, 2.05) is 12.1 Å². The largest absolute Gasteiger partial charge is 0.492 e. The molecule has 1 spiro atoms. The Hall–Kier alpha value is -7.84. The van der Waals surface area contributed by atoms with Crippen LogP contribution >= 0.6 is 7.60 Å². The van der Waals surface area contributed by atoms with Gasteiger partial charge in [-0.25, -0.2) is 8.42 Å². The number of ether oxygens (including phenoxy) is 1. The number of rotatable bonds is 20. The predicted octanol–water partition coefficient (Wildman–Crippen LogP) is 1.78. The van der Waals surface area contributed by atoms with Crippen molar-refractivity contribution in [3.05, 3.63) is 94.2 Å². The van der Waals surface area contributed by atoms with Crippen LogP contribution < -0.4 is 31.7 Å². The fraction of sp³-hybridized carbons (Fsp3) is 0.492. The molecule has 1 aromatic heterocycles. The van der Waals surface area contributed by atoms with Crippen LogP contribution in [0.4, 0.5) is 0 Å². The molecular weight excluding hydrogens is 1170 g/mol. The first kappa shape index (κ1) is 62.2. The highest BCUT2D eigenvalue weighted by Crippen LogP contribution is 2.50. The van der Waals surface area contributed by atoms with Crippen molar-refractivity contribution in [2.75, 3.05) is 39.3 Å². The number of H-pyrrole nitrogens is 1. The lowest BCUT2D eigenvalue weighted by Gasteiger charge is -2.39. The summed E-state index contributed by atoms with van der Waals surface area (Å²) in [6.45, 7) is 5.86. The van der Waals surface area contributed by atoms with Gasteiger partial charge in [-0.05, 0) is 139 Å². The van der Waals surface area contributed by atoms with E-state index < -0.39 is 93.9 Å². The number of aromatic amines is 1. The molecule has 0 bridgehead atoms. The van der Waals surface area contributed by atoms with E-state index >= 15 is 4.79 Å². The summed E-state index contributed by atoms with van der Waals surface area (Å²) in [5.41, 5.74) is 6.61. The maximum Gasteiger partial charge on any atom is 0.396 e. The smallest absolute Gasteiger partial charge is 0.396 e. The second kappa shape index (κ2) is 25.1. The zero-order valence-electron chi connectivity index (χ0n) is 48.2. The van der Waals surface area contributed by atoms with Crippen molar-refractivity contribution < 1.29 is 75.5 Å². The molecule has 4 aromatic rings. The lowest BCUT2D eigenvalue weighted by atomic mass is 9.74. The van der Waals surface area contributed by atoms with Crippen LogP contribution in [0.15, 0.2) is 65.6 Å². The Bertz CT molecular complexity index is 3630. The van der Waals surface area contributed by atoms with Crippen molar-refractivity contribution in [2.24, 2.45) is 5.73 Å². The maximum absolute atomic E-state index is 15.0. The number of likely N-dealkylation sites (tertiary alicyclic amines) is 1.